The van der Waals surface area contributed by atoms with Gasteiger partial charge in [-0.25, -0.2) is 9.48 Å². The van der Waals surface area contributed by atoms with Crippen LogP contribution < -0.4 is 5.73 Å². The van der Waals surface area contributed by atoms with Crippen LogP contribution in [0.1, 0.15) is 24.5 Å². The Balaban J connectivity index is 2.33. The van der Waals surface area contributed by atoms with Crippen LogP contribution in [0.15, 0.2) is 48.7 Å². The number of methoxy groups -OCH3 is 1. The van der Waals surface area contributed by atoms with Crippen molar-refractivity contribution in [3.63, 3.8) is 0 Å². The van der Waals surface area contributed by atoms with E-state index in [-0.39, 0.29) is 5.97 Å². The van der Waals surface area contributed by atoms with Crippen molar-refractivity contribution in [1.82, 2.24) is 9.78 Å². The topological polar surface area (TPSA) is 70.1 Å². The van der Waals surface area contributed by atoms with Crippen molar-refractivity contribution in [2.45, 2.75) is 25.8 Å². The van der Waals surface area contributed by atoms with Gasteiger partial charge in [0.1, 0.15) is 0 Å². The van der Waals surface area contributed by atoms with Crippen molar-refractivity contribution in [3.05, 3.63) is 59.8 Å². The molecular weight excluding hydrogens is 302 g/mol. The van der Waals surface area contributed by atoms with E-state index < -0.39 is 5.54 Å². The lowest BCUT2D eigenvalue weighted by atomic mass is 9.86. The van der Waals surface area contributed by atoms with Gasteiger partial charge in [0.05, 0.1) is 18.8 Å². The molecule has 24 heavy (non-hydrogen) atoms. The van der Waals surface area contributed by atoms with Crippen LogP contribution >= 0.6 is 0 Å². The summed E-state index contributed by atoms with van der Waals surface area (Å²) in [6, 6.07) is 13.5. The predicted octanol–water partition coefficient (Wildman–Crippen LogP) is 3.25. The van der Waals surface area contributed by atoms with Gasteiger partial charge in [-0.3, -0.25) is 0 Å². The van der Waals surface area contributed by atoms with Crippen molar-refractivity contribution in [2.24, 2.45) is 0 Å². The highest BCUT2D eigenvalue weighted by Crippen LogP contribution is 2.35. The summed E-state index contributed by atoms with van der Waals surface area (Å²) in [6.45, 7) is 3.97. The second-order valence-corrected chi connectivity index (χ2v) is 5.91. The van der Waals surface area contributed by atoms with Crippen LogP contribution in [-0.2, 0) is 15.1 Å². The molecule has 1 heterocycles. The number of hydrogen-bond donors (Lipinski definition) is 1. The molecule has 0 spiro atoms. The number of fused-ring (bicyclic) bond motifs is 1. The molecule has 2 aromatic carbocycles. The number of aryl methyl sites for hydroxylation is 1. The number of nitrogens with two attached hydrogens (primary N) is 1. The number of ether oxygens (including phenoxy) is 1. The molecule has 2 N–H and O–H groups in total. The van der Waals surface area contributed by atoms with E-state index in [4.69, 9.17) is 10.5 Å². The molecule has 0 amide bonds. The third kappa shape index (κ3) is 2.24. The number of esters is 1. The van der Waals surface area contributed by atoms with Gasteiger partial charge in [0.15, 0.2) is 5.54 Å². The number of rotatable bonds is 4. The summed E-state index contributed by atoms with van der Waals surface area (Å²) in [5, 5.41) is 5.33. The highest BCUT2D eigenvalue weighted by molar-refractivity contribution is 5.93. The molecule has 0 radical (unpaired) electrons. The first kappa shape index (κ1) is 16.1. The molecule has 0 saturated heterocycles. The molecule has 3 aromatic rings. The van der Waals surface area contributed by atoms with Crippen LogP contribution in [0.4, 0.5) is 5.69 Å². The number of aromatic nitrogens is 2. The molecule has 3 rings (SSSR count). The van der Waals surface area contributed by atoms with Gasteiger partial charge in [-0.2, -0.15) is 5.10 Å². The molecule has 0 aliphatic heterocycles. The fourth-order valence-electron chi connectivity index (χ4n) is 3.20. The number of nitrogens with zero attached hydrogens (tertiary/aromatic N) is 2. The summed E-state index contributed by atoms with van der Waals surface area (Å²) in [7, 11) is 1.40. The SMILES string of the molecule is CCC(C(=O)OC)(c1ccc(C)cc1)n1ncc2c(N)cccc21. The first-order valence-electron chi connectivity index (χ1n) is 7.93. The van der Waals surface area contributed by atoms with E-state index in [1.165, 1.54) is 7.11 Å². The Hall–Kier alpha value is -2.82. The first-order valence-corrected chi connectivity index (χ1v) is 7.93. The maximum Gasteiger partial charge on any atom is 0.338 e. The van der Waals surface area contributed by atoms with Crippen LogP contribution in [0.25, 0.3) is 10.9 Å². The van der Waals surface area contributed by atoms with Gasteiger partial charge in [0, 0.05) is 11.1 Å². The smallest absolute Gasteiger partial charge is 0.338 e. The molecule has 1 unspecified atom stereocenters. The lowest BCUT2D eigenvalue weighted by Gasteiger charge is -2.31. The summed E-state index contributed by atoms with van der Waals surface area (Å²) in [4.78, 5) is 12.9. The summed E-state index contributed by atoms with van der Waals surface area (Å²) >= 11 is 0. The number of hydrogen-bond acceptors (Lipinski definition) is 4. The summed E-state index contributed by atoms with van der Waals surface area (Å²) in [6.07, 6.45) is 2.21. The van der Waals surface area contributed by atoms with Crippen molar-refractivity contribution in [3.8, 4) is 0 Å². The lowest BCUT2D eigenvalue weighted by Crippen LogP contribution is -2.44. The molecule has 0 saturated carbocycles. The van der Waals surface area contributed by atoms with Gasteiger partial charge in [0.2, 0.25) is 0 Å². The van der Waals surface area contributed by atoms with E-state index in [9.17, 15) is 4.79 Å². The van der Waals surface area contributed by atoms with Gasteiger partial charge < -0.3 is 10.5 Å². The Kier molecular flexibility index (Phi) is 4.01. The van der Waals surface area contributed by atoms with E-state index in [1.54, 1.807) is 10.9 Å². The number of anilines is 1. The Morgan fingerprint density at radius 2 is 1.96 bits per heavy atom. The number of nitrogen functional groups attached to an aromatic ring is 1. The predicted molar refractivity (Wildman–Crippen MR) is 94.7 cm³/mol. The molecule has 1 aromatic heterocycles. The van der Waals surface area contributed by atoms with Crippen LogP contribution in [0, 0.1) is 6.92 Å². The highest BCUT2D eigenvalue weighted by atomic mass is 16.5. The van der Waals surface area contributed by atoms with Crippen LogP contribution in [0.3, 0.4) is 0 Å². The molecule has 1 atom stereocenters. The largest absolute Gasteiger partial charge is 0.467 e. The van der Waals surface area contributed by atoms with E-state index in [0.717, 1.165) is 22.0 Å². The zero-order valence-corrected chi connectivity index (χ0v) is 14.1. The highest BCUT2D eigenvalue weighted by Gasteiger charge is 2.43. The first-order chi connectivity index (χ1) is 11.5. The lowest BCUT2D eigenvalue weighted by molar-refractivity contribution is -0.149. The third-order valence-electron chi connectivity index (χ3n) is 4.57. The second-order valence-electron chi connectivity index (χ2n) is 5.91. The number of carbonyl (C=O) groups excluding carboxylic acids is 1. The molecule has 0 fully saturated rings. The number of carbonyl (C=O) groups is 1. The minimum Gasteiger partial charge on any atom is -0.467 e. The number of benzene rings is 2. The van der Waals surface area contributed by atoms with Gasteiger partial charge in [-0.15, -0.1) is 0 Å². The summed E-state index contributed by atoms with van der Waals surface area (Å²) < 4.78 is 6.89. The van der Waals surface area contributed by atoms with E-state index in [0.29, 0.717) is 12.1 Å². The third-order valence-corrected chi connectivity index (χ3v) is 4.57. The zero-order chi connectivity index (χ0) is 17.3. The Bertz CT molecular complexity index is 883. The summed E-state index contributed by atoms with van der Waals surface area (Å²) in [5.41, 5.74) is 8.44. The molecule has 5 nitrogen and oxygen atoms in total. The van der Waals surface area contributed by atoms with Crippen molar-refractivity contribution >= 4 is 22.6 Å². The normalized spacial score (nSPS) is 13.6. The van der Waals surface area contributed by atoms with E-state index >= 15 is 0 Å². The van der Waals surface area contributed by atoms with Gasteiger partial charge in [0.25, 0.3) is 0 Å². The Morgan fingerprint density at radius 3 is 2.58 bits per heavy atom. The second kappa shape index (κ2) is 6.00. The minimum atomic E-state index is -1.03. The monoisotopic (exact) mass is 323 g/mol. The van der Waals surface area contributed by atoms with Gasteiger partial charge in [-0.1, -0.05) is 42.8 Å². The fourth-order valence-corrected chi connectivity index (χ4v) is 3.20. The van der Waals surface area contributed by atoms with Gasteiger partial charge in [-0.05, 0) is 31.0 Å². The maximum absolute atomic E-state index is 12.9. The minimum absolute atomic E-state index is 0.346. The Labute approximate surface area is 141 Å². The van der Waals surface area contributed by atoms with Crippen LogP contribution in [0.5, 0.6) is 0 Å². The summed E-state index contributed by atoms with van der Waals surface area (Å²) in [5.74, 6) is -0.346. The zero-order valence-electron chi connectivity index (χ0n) is 14.1. The molecule has 5 heteroatoms. The van der Waals surface area contributed by atoms with Crippen molar-refractivity contribution in [1.29, 1.82) is 0 Å². The molecular formula is C19H21N3O2. The van der Waals surface area contributed by atoms with Crippen molar-refractivity contribution in [2.75, 3.05) is 12.8 Å². The average molecular weight is 323 g/mol. The van der Waals surface area contributed by atoms with E-state index in [2.05, 4.69) is 5.10 Å². The Morgan fingerprint density at radius 1 is 1.25 bits per heavy atom. The standard InChI is InChI=1S/C19H21N3O2/c1-4-19(18(23)24-3,14-10-8-13(2)9-11-14)22-17-7-5-6-16(20)15(17)12-21-22/h5-12H,4,20H2,1-3H3. The molecule has 0 aliphatic carbocycles. The molecule has 0 bridgehead atoms. The molecule has 0 aliphatic rings. The van der Waals surface area contributed by atoms with Crippen molar-refractivity contribution < 1.29 is 9.53 Å². The maximum atomic E-state index is 12.9. The molecule has 124 valence electrons. The van der Waals surface area contributed by atoms with Crippen LogP contribution in [-0.4, -0.2) is 22.9 Å². The van der Waals surface area contributed by atoms with Gasteiger partial charge >= 0.3 is 5.97 Å². The van der Waals surface area contributed by atoms with E-state index in [1.807, 2.05) is 56.3 Å². The quantitative estimate of drug-likeness (QED) is 0.591. The fraction of sp³-hybridized carbons (Fsp3) is 0.263. The van der Waals surface area contributed by atoms with Crippen LogP contribution in [0.2, 0.25) is 0 Å². The average Bonchev–Trinajstić information content (AvgIpc) is 3.03.